The van der Waals surface area contributed by atoms with E-state index in [1.807, 2.05) is 19.2 Å². The van der Waals surface area contributed by atoms with Crippen molar-refractivity contribution in [1.29, 1.82) is 0 Å². The number of nitrogens with one attached hydrogen (secondary N) is 1. The summed E-state index contributed by atoms with van der Waals surface area (Å²) in [5.41, 5.74) is 4.65. The monoisotopic (exact) mass is 364 g/mol. The van der Waals surface area contributed by atoms with Gasteiger partial charge in [0.2, 0.25) is 0 Å². The van der Waals surface area contributed by atoms with Crippen molar-refractivity contribution in [1.82, 2.24) is 24.8 Å². The van der Waals surface area contributed by atoms with Gasteiger partial charge in [-0.2, -0.15) is 0 Å². The quantitative estimate of drug-likeness (QED) is 0.795. The van der Waals surface area contributed by atoms with Crippen LogP contribution >= 0.6 is 0 Å². The van der Waals surface area contributed by atoms with Gasteiger partial charge in [0.15, 0.2) is 5.82 Å². The Balaban J connectivity index is 1.86. The number of rotatable bonds is 6. The van der Waals surface area contributed by atoms with Crippen molar-refractivity contribution in [3.8, 4) is 0 Å². The van der Waals surface area contributed by atoms with Gasteiger partial charge in [-0.1, -0.05) is 25.7 Å². The second-order valence-electron chi connectivity index (χ2n) is 6.59. The maximum absolute atomic E-state index is 4.70. The van der Waals surface area contributed by atoms with Gasteiger partial charge in [-0.05, 0) is 31.2 Å². The SMILES string of the molecule is C=C/C(=C\C=C(/C)N1CCN(CC)CC1)c1cc2nccnc2c(NC)n1. The Morgan fingerprint density at radius 3 is 2.59 bits per heavy atom. The first-order chi connectivity index (χ1) is 13.2. The lowest BCUT2D eigenvalue weighted by atomic mass is 10.1. The van der Waals surface area contributed by atoms with Gasteiger partial charge in [0, 0.05) is 51.3 Å². The minimum Gasteiger partial charge on any atom is -0.372 e. The lowest BCUT2D eigenvalue weighted by molar-refractivity contribution is 0.165. The predicted octanol–water partition coefficient (Wildman–Crippen LogP) is 3.18. The number of aromatic nitrogens is 3. The Labute approximate surface area is 161 Å². The van der Waals surface area contributed by atoms with Crippen molar-refractivity contribution < 1.29 is 0 Å². The zero-order valence-corrected chi connectivity index (χ0v) is 16.4. The fourth-order valence-corrected chi connectivity index (χ4v) is 3.28. The van der Waals surface area contributed by atoms with Crippen LogP contribution < -0.4 is 5.32 Å². The topological polar surface area (TPSA) is 57.2 Å². The first kappa shape index (κ1) is 19.0. The maximum Gasteiger partial charge on any atom is 0.154 e. The summed E-state index contributed by atoms with van der Waals surface area (Å²) in [5.74, 6) is 0.722. The van der Waals surface area contributed by atoms with Gasteiger partial charge < -0.3 is 15.1 Å². The molecule has 6 heteroatoms. The van der Waals surface area contributed by atoms with Gasteiger partial charge in [0.25, 0.3) is 0 Å². The molecule has 2 aromatic heterocycles. The first-order valence-electron chi connectivity index (χ1n) is 9.44. The second-order valence-corrected chi connectivity index (χ2v) is 6.59. The summed E-state index contributed by atoms with van der Waals surface area (Å²) in [5, 5.41) is 3.11. The summed E-state index contributed by atoms with van der Waals surface area (Å²) >= 11 is 0. The van der Waals surface area contributed by atoms with Crippen LogP contribution in [0, 0.1) is 0 Å². The van der Waals surface area contributed by atoms with E-state index in [4.69, 9.17) is 4.98 Å². The largest absolute Gasteiger partial charge is 0.372 e. The Morgan fingerprint density at radius 1 is 1.19 bits per heavy atom. The summed E-state index contributed by atoms with van der Waals surface area (Å²) in [7, 11) is 1.84. The highest BCUT2D eigenvalue weighted by Gasteiger charge is 2.15. The first-order valence-corrected chi connectivity index (χ1v) is 9.44. The Morgan fingerprint density at radius 2 is 1.93 bits per heavy atom. The average molecular weight is 364 g/mol. The molecule has 6 nitrogen and oxygen atoms in total. The highest BCUT2D eigenvalue weighted by molar-refractivity contribution is 5.88. The Bertz CT molecular complexity index is 862. The van der Waals surface area contributed by atoms with Crippen LogP contribution in [-0.4, -0.2) is 64.5 Å². The summed E-state index contributed by atoms with van der Waals surface area (Å²) in [6, 6.07) is 1.96. The number of piperazine rings is 1. The number of hydrogen-bond acceptors (Lipinski definition) is 6. The molecule has 1 aliphatic rings. The van der Waals surface area contributed by atoms with Gasteiger partial charge in [0.05, 0.1) is 11.2 Å². The van der Waals surface area contributed by atoms with Crippen molar-refractivity contribution >= 4 is 22.4 Å². The van der Waals surface area contributed by atoms with Gasteiger partial charge in [-0.15, -0.1) is 0 Å². The van der Waals surface area contributed by atoms with Crippen LogP contribution in [0.2, 0.25) is 0 Å². The molecule has 1 fully saturated rings. The second kappa shape index (κ2) is 8.77. The molecule has 0 aromatic carbocycles. The van der Waals surface area contributed by atoms with E-state index in [-0.39, 0.29) is 0 Å². The van der Waals surface area contributed by atoms with Crippen molar-refractivity contribution in [2.24, 2.45) is 0 Å². The third-order valence-electron chi connectivity index (χ3n) is 5.03. The van der Waals surface area contributed by atoms with Crippen LogP contribution in [0.1, 0.15) is 19.5 Å². The molecule has 0 aliphatic carbocycles. The number of allylic oxidation sites excluding steroid dienone is 5. The van der Waals surface area contributed by atoms with Crippen molar-refractivity contribution in [2.75, 3.05) is 45.1 Å². The lowest BCUT2D eigenvalue weighted by Gasteiger charge is -2.35. The average Bonchev–Trinajstić information content (AvgIpc) is 2.73. The standard InChI is InChI=1S/C21H28N6/c1-5-17(8-7-16(3)27-13-11-26(6-2)12-14-27)18-15-19-20(21(22-4)25-18)24-10-9-23-19/h5,7-10,15H,1,6,11-14H2,2-4H3,(H,22,25)/b16-7+,17-8+. The number of likely N-dealkylation sites (N-methyl/N-ethyl adjacent to an activating group) is 1. The van der Waals surface area contributed by atoms with Gasteiger partial charge >= 0.3 is 0 Å². The van der Waals surface area contributed by atoms with E-state index in [0.29, 0.717) is 0 Å². The summed E-state index contributed by atoms with van der Waals surface area (Å²) in [4.78, 5) is 18.4. The molecule has 0 amide bonds. The molecule has 1 aliphatic heterocycles. The van der Waals surface area contributed by atoms with Gasteiger partial charge in [-0.25, -0.2) is 9.97 Å². The van der Waals surface area contributed by atoms with Crippen LogP contribution in [-0.2, 0) is 0 Å². The zero-order chi connectivity index (χ0) is 19.2. The van der Waals surface area contributed by atoms with E-state index in [2.05, 4.69) is 57.7 Å². The molecule has 142 valence electrons. The summed E-state index contributed by atoms with van der Waals surface area (Å²) < 4.78 is 0. The van der Waals surface area contributed by atoms with E-state index in [0.717, 1.165) is 60.8 Å². The highest BCUT2D eigenvalue weighted by atomic mass is 15.3. The number of pyridine rings is 1. The Hall–Kier alpha value is -2.73. The van der Waals surface area contributed by atoms with E-state index >= 15 is 0 Å². The van der Waals surface area contributed by atoms with Crippen molar-refractivity contribution in [2.45, 2.75) is 13.8 Å². The number of hydrogen-bond donors (Lipinski definition) is 1. The number of nitrogens with zero attached hydrogens (tertiary/aromatic N) is 5. The van der Waals surface area contributed by atoms with Crippen LogP contribution in [0.25, 0.3) is 16.6 Å². The molecule has 27 heavy (non-hydrogen) atoms. The van der Waals surface area contributed by atoms with E-state index in [1.54, 1.807) is 12.4 Å². The third-order valence-corrected chi connectivity index (χ3v) is 5.03. The van der Waals surface area contributed by atoms with E-state index in [9.17, 15) is 0 Å². The van der Waals surface area contributed by atoms with Crippen LogP contribution in [0.15, 0.2) is 49.0 Å². The maximum atomic E-state index is 4.70. The smallest absolute Gasteiger partial charge is 0.154 e. The van der Waals surface area contributed by atoms with E-state index < -0.39 is 0 Å². The van der Waals surface area contributed by atoms with Gasteiger partial charge in [-0.3, -0.25) is 4.98 Å². The van der Waals surface area contributed by atoms with Gasteiger partial charge in [0.1, 0.15) is 5.52 Å². The molecule has 0 atom stereocenters. The molecule has 3 rings (SSSR count). The van der Waals surface area contributed by atoms with Crippen LogP contribution in [0.3, 0.4) is 0 Å². The van der Waals surface area contributed by atoms with Crippen molar-refractivity contribution in [3.05, 3.63) is 54.7 Å². The Kier molecular flexibility index (Phi) is 6.19. The molecule has 0 spiro atoms. The summed E-state index contributed by atoms with van der Waals surface area (Å²) in [6.45, 7) is 13.9. The van der Waals surface area contributed by atoms with E-state index in [1.165, 1.54) is 5.70 Å². The minimum atomic E-state index is 0.722. The van der Waals surface area contributed by atoms with Crippen LogP contribution in [0.5, 0.6) is 0 Å². The highest BCUT2D eigenvalue weighted by Crippen LogP contribution is 2.23. The molecule has 3 heterocycles. The molecule has 0 saturated carbocycles. The fourth-order valence-electron chi connectivity index (χ4n) is 3.28. The fraction of sp³-hybridized carbons (Fsp3) is 0.381. The molecule has 0 bridgehead atoms. The number of anilines is 1. The lowest BCUT2D eigenvalue weighted by Crippen LogP contribution is -2.45. The molecule has 0 unspecified atom stereocenters. The molecule has 1 N–H and O–H groups in total. The molecule has 0 radical (unpaired) electrons. The van der Waals surface area contributed by atoms with Crippen molar-refractivity contribution in [3.63, 3.8) is 0 Å². The molecular formula is C21H28N6. The molecular weight excluding hydrogens is 336 g/mol. The predicted molar refractivity (Wildman–Crippen MR) is 112 cm³/mol. The summed E-state index contributed by atoms with van der Waals surface area (Å²) in [6.07, 6.45) is 9.45. The minimum absolute atomic E-state index is 0.722. The number of fused-ring (bicyclic) bond motifs is 1. The normalized spacial score (nSPS) is 16.6. The molecule has 2 aromatic rings. The third kappa shape index (κ3) is 4.34. The zero-order valence-electron chi connectivity index (χ0n) is 16.4. The molecule has 1 saturated heterocycles. The van der Waals surface area contributed by atoms with Crippen LogP contribution in [0.4, 0.5) is 5.82 Å².